The molecule has 1 unspecified atom stereocenters. The standard InChI is InChI=1S/C24H28ClN7O3/c1-6-35-20-15(13(3)32-22-18(12(2)30-32)21(27)28-11-29-22)7-17(25)16(8-26)19(20)14-9-31(10-14)24(4,5)23(33)34/h7,11,13-14H,6,9-10H2,1-5H3,(H,33,34)(H2,27,28,29). The first-order valence-corrected chi connectivity index (χ1v) is 11.7. The van der Waals surface area contributed by atoms with Crippen molar-refractivity contribution >= 4 is 34.4 Å². The highest BCUT2D eigenvalue weighted by Gasteiger charge is 2.45. The van der Waals surface area contributed by atoms with E-state index in [1.165, 1.54) is 6.33 Å². The number of likely N-dealkylation sites (tertiary alicyclic amines) is 1. The number of nitrogen functional groups attached to an aromatic ring is 1. The number of nitrogens with zero attached hydrogens (tertiary/aromatic N) is 6. The zero-order valence-electron chi connectivity index (χ0n) is 20.3. The van der Waals surface area contributed by atoms with Gasteiger partial charge in [0.15, 0.2) is 5.65 Å². The van der Waals surface area contributed by atoms with Crippen molar-refractivity contribution in [2.75, 3.05) is 25.4 Å². The smallest absolute Gasteiger partial charge is 0.323 e. The quantitative estimate of drug-likeness (QED) is 0.501. The molecule has 0 bridgehead atoms. The van der Waals surface area contributed by atoms with Gasteiger partial charge in [0, 0.05) is 30.1 Å². The summed E-state index contributed by atoms with van der Waals surface area (Å²) in [6, 6.07) is 3.62. The van der Waals surface area contributed by atoms with Crippen LogP contribution in [-0.4, -0.2) is 61.0 Å². The van der Waals surface area contributed by atoms with Crippen LogP contribution in [0.2, 0.25) is 5.02 Å². The molecule has 0 saturated carbocycles. The van der Waals surface area contributed by atoms with E-state index in [0.717, 1.165) is 5.56 Å². The molecule has 1 atom stereocenters. The maximum atomic E-state index is 11.7. The molecular weight excluding hydrogens is 470 g/mol. The minimum absolute atomic E-state index is 0.108. The fourth-order valence-electron chi connectivity index (χ4n) is 4.61. The van der Waals surface area contributed by atoms with Crippen LogP contribution in [-0.2, 0) is 4.79 Å². The van der Waals surface area contributed by atoms with E-state index in [4.69, 9.17) is 22.1 Å². The van der Waals surface area contributed by atoms with Crippen LogP contribution in [0.15, 0.2) is 12.4 Å². The Balaban J connectivity index is 1.84. The van der Waals surface area contributed by atoms with Crippen LogP contribution in [0.3, 0.4) is 0 Å². The molecule has 1 saturated heterocycles. The second-order valence-corrected chi connectivity index (χ2v) is 9.65. The SMILES string of the molecule is CCOc1c(C(C)n2nc(C)c3c(N)ncnc32)cc(Cl)c(C#N)c1C1CN(C(C)(C)C(=O)O)C1. The van der Waals surface area contributed by atoms with Gasteiger partial charge in [-0.25, -0.2) is 14.6 Å². The van der Waals surface area contributed by atoms with Crippen LogP contribution in [0.5, 0.6) is 5.75 Å². The fraction of sp³-hybridized carbons (Fsp3) is 0.458. The minimum Gasteiger partial charge on any atom is -0.493 e. The van der Waals surface area contributed by atoms with Gasteiger partial charge >= 0.3 is 5.97 Å². The minimum atomic E-state index is -1.02. The van der Waals surface area contributed by atoms with E-state index in [1.54, 1.807) is 24.6 Å². The number of carbonyl (C=O) groups is 1. The number of hydrogen-bond acceptors (Lipinski definition) is 8. The van der Waals surface area contributed by atoms with E-state index in [-0.39, 0.29) is 12.0 Å². The molecule has 10 nitrogen and oxygen atoms in total. The van der Waals surface area contributed by atoms with E-state index in [2.05, 4.69) is 21.1 Å². The van der Waals surface area contributed by atoms with Crippen LogP contribution in [0.25, 0.3) is 11.0 Å². The summed E-state index contributed by atoms with van der Waals surface area (Å²) in [4.78, 5) is 22.1. The first-order chi connectivity index (χ1) is 16.5. The lowest BCUT2D eigenvalue weighted by molar-refractivity contribution is -0.152. The number of aryl methyl sites for hydroxylation is 1. The van der Waals surface area contributed by atoms with Crippen LogP contribution in [0.4, 0.5) is 5.82 Å². The molecule has 1 aromatic carbocycles. The van der Waals surface area contributed by atoms with E-state index in [0.29, 0.717) is 64.1 Å². The average Bonchev–Trinajstić information content (AvgIpc) is 3.11. The largest absolute Gasteiger partial charge is 0.493 e. The number of halogens is 1. The summed E-state index contributed by atoms with van der Waals surface area (Å²) in [6.07, 6.45) is 1.40. The number of ether oxygens (including phenoxy) is 1. The summed E-state index contributed by atoms with van der Waals surface area (Å²) in [5.41, 5.74) is 8.14. The Hall–Kier alpha value is -3.42. The maximum absolute atomic E-state index is 11.7. The molecule has 1 fully saturated rings. The number of aliphatic carboxylic acids is 1. The second-order valence-electron chi connectivity index (χ2n) is 9.24. The van der Waals surface area contributed by atoms with Crippen molar-refractivity contribution in [1.29, 1.82) is 5.26 Å². The van der Waals surface area contributed by atoms with Crippen molar-refractivity contribution in [2.45, 2.75) is 52.1 Å². The Morgan fingerprint density at radius 1 is 1.43 bits per heavy atom. The third-order valence-electron chi connectivity index (χ3n) is 6.81. The van der Waals surface area contributed by atoms with Crippen LogP contribution < -0.4 is 10.5 Å². The van der Waals surface area contributed by atoms with Crippen molar-refractivity contribution in [3.63, 3.8) is 0 Å². The molecule has 0 spiro atoms. The van der Waals surface area contributed by atoms with Crippen LogP contribution >= 0.6 is 11.6 Å². The highest BCUT2D eigenvalue weighted by molar-refractivity contribution is 6.32. The Bertz CT molecular complexity index is 1360. The summed E-state index contributed by atoms with van der Waals surface area (Å²) >= 11 is 6.63. The number of rotatable bonds is 7. The summed E-state index contributed by atoms with van der Waals surface area (Å²) in [5, 5.41) is 25.2. The van der Waals surface area contributed by atoms with Crippen molar-refractivity contribution in [2.24, 2.45) is 0 Å². The van der Waals surface area contributed by atoms with Crippen molar-refractivity contribution < 1.29 is 14.6 Å². The monoisotopic (exact) mass is 497 g/mol. The van der Waals surface area contributed by atoms with E-state index in [9.17, 15) is 15.2 Å². The molecule has 0 amide bonds. The van der Waals surface area contributed by atoms with Gasteiger partial charge in [0.2, 0.25) is 0 Å². The molecule has 2 aromatic heterocycles. The summed E-state index contributed by atoms with van der Waals surface area (Å²) in [6.45, 7) is 10.3. The number of hydrogen-bond donors (Lipinski definition) is 2. The van der Waals surface area contributed by atoms with Gasteiger partial charge in [-0.3, -0.25) is 9.69 Å². The predicted molar refractivity (Wildman–Crippen MR) is 132 cm³/mol. The molecule has 0 radical (unpaired) electrons. The number of carboxylic acid groups (broad SMARTS) is 1. The van der Waals surface area contributed by atoms with E-state index >= 15 is 0 Å². The Kier molecular flexibility index (Phi) is 6.34. The highest BCUT2D eigenvalue weighted by atomic mass is 35.5. The van der Waals surface area contributed by atoms with Crippen LogP contribution in [0, 0.1) is 18.3 Å². The van der Waals surface area contributed by atoms with Gasteiger partial charge in [-0.15, -0.1) is 0 Å². The molecular formula is C24H28ClN7O3. The zero-order chi connectivity index (χ0) is 25.7. The molecule has 1 aliphatic rings. The molecule has 11 heteroatoms. The molecule has 4 rings (SSSR count). The first-order valence-electron chi connectivity index (χ1n) is 11.4. The number of carboxylic acids is 1. The second kappa shape index (κ2) is 8.98. The third kappa shape index (κ3) is 3.94. The Morgan fingerprint density at radius 3 is 2.71 bits per heavy atom. The van der Waals surface area contributed by atoms with Crippen molar-refractivity contribution in [3.8, 4) is 11.8 Å². The van der Waals surface area contributed by atoms with Gasteiger partial charge in [-0.2, -0.15) is 10.4 Å². The first kappa shape index (κ1) is 24.7. The lowest BCUT2D eigenvalue weighted by Gasteiger charge is -2.47. The lowest BCUT2D eigenvalue weighted by atomic mass is 9.82. The topological polar surface area (TPSA) is 143 Å². The molecule has 3 aromatic rings. The van der Waals surface area contributed by atoms with Gasteiger partial charge in [-0.1, -0.05) is 11.6 Å². The number of nitrogens with two attached hydrogens (primary N) is 1. The van der Waals surface area contributed by atoms with Gasteiger partial charge in [0.1, 0.15) is 29.5 Å². The van der Waals surface area contributed by atoms with Gasteiger partial charge in [0.25, 0.3) is 0 Å². The zero-order valence-corrected chi connectivity index (χ0v) is 21.1. The molecule has 0 aliphatic carbocycles. The van der Waals surface area contributed by atoms with Crippen LogP contribution in [0.1, 0.15) is 62.0 Å². The van der Waals surface area contributed by atoms with Gasteiger partial charge in [-0.05, 0) is 40.7 Å². The van der Waals surface area contributed by atoms with E-state index < -0.39 is 11.5 Å². The highest BCUT2D eigenvalue weighted by Crippen LogP contribution is 2.45. The maximum Gasteiger partial charge on any atom is 0.323 e. The van der Waals surface area contributed by atoms with Crippen molar-refractivity contribution in [1.82, 2.24) is 24.6 Å². The normalized spacial score (nSPS) is 15.6. The molecule has 184 valence electrons. The number of anilines is 1. The van der Waals surface area contributed by atoms with Gasteiger partial charge < -0.3 is 15.6 Å². The third-order valence-corrected chi connectivity index (χ3v) is 7.11. The summed E-state index contributed by atoms with van der Waals surface area (Å²) < 4.78 is 7.89. The number of aromatic nitrogens is 4. The molecule has 35 heavy (non-hydrogen) atoms. The molecule has 3 N–H and O–H groups in total. The van der Waals surface area contributed by atoms with Gasteiger partial charge in [0.05, 0.1) is 34.3 Å². The molecule has 3 heterocycles. The van der Waals surface area contributed by atoms with Crippen molar-refractivity contribution in [3.05, 3.63) is 39.8 Å². The van der Waals surface area contributed by atoms with E-state index in [1.807, 2.05) is 25.7 Å². The predicted octanol–water partition coefficient (Wildman–Crippen LogP) is 3.51. The number of fused-ring (bicyclic) bond motifs is 1. The summed E-state index contributed by atoms with van der Waals surface area (Å²) in [5.74, 6) is -0.0835. The fourth-order valence-corrected chi connectivity index (χ4v) is 4.88. The summed E-state index contributed by atoms with van der Waals surface area (Å²) in [7, 11) is 0. The average molecular weight is 498 g/mol. The molecule has 1 aliphatic heterocycles. The Labute approximate surface area is 208 Å². The Morgan fingerprint density at radius 2 is 2.11 bits per heavy atom. The number of nitriles is 1. The lowest BCUT2D eigenvalue weighted by Crippen LogP contribution is -2.59. The number of benzene rings is 1.